The molecule has 0 aliphatic heterocycles. The number of aliphatic hydroxyl groups excluding tert-OH is 1. The van der Waals surface area contributed by atoms with Crippen LogP contribution in [0.4, 0.5) is 0 Å². The van der Waals surface area contributed by atoms with Gasteiger partial charge < -0.3 is 19.3 Å². The van der Waals surface area contributed by atoms with E-state index < -0.39 is 0 Å². The maximum absolute atomic E-state index is 8.86. The predicted octanol–water partition coefficient (Wildman–Crippen LogP) is 2.63. The maximum atomic E-state index is 8.86. The molecular weight excluding hydrogens is 244 g/mol. The lowest BCUT2D eigenvalue weighted by molar-refractivity contribution is -0.105. The van der Waals surface area contributed by atoms with Crippen molar-refractivity contribution in [2.24, 2.45) is 5.41 Å². The minimum atomic E-state index is -0.138. The average molecular weight is 276 g/mol. The van der Waals surface area contributed by atoms with Gasteiger partial charge in [0.1, 0.15) is 0 Å². The molecule has 0 aromatic heterocycles. The zero-order valence-corrected chi connectivity index (χ0v) is 13.6. The Labute approximate surface area is 118 Å². The van der Waals surface area contributed by atoms with Gasteiger partial charge in [-0.3, -0.25) is 0 Å². The molecular formula is C15H32O4. The molecule has 0 aliphatic rings. The molecule has 0 fully saturated rings. The molecule has 0 saturated carbocycles. The van der Waals surface area contributed by atoms with Crippen LogP contribution >= 0.6 is 0 Å². The van der Waals surface area contributed by atoms with E-state index in [1.165, 1.54) is 0 Å². The van der Waals surface area contributed by atoms with Gasteiger partial charge in [-0.2, -0.15) is 0 Å². The Morgan fingerprint density at radius 3 is 1.79 bits per heavy atom. The molecule has 0 amide bonds. The van der Waals surface area contributed by atoms with Crippen molar-refractivity contribution in [3.63, 3.8) is 0 Å². The minimum Gasteiger partial charge on any atom is -0.394 e. The highest BCUT2D eigenvalue weighted by atomic mass is 16.6. The molecule has 4 heteroatoms. The van der Waals surface area contributed by atoms with Gasteiger partial charge in [-0.15, -0.1) is 0 Å². The third-order valence-corrected chi connectivity index (χ3v) is 3.14. The first-order valence-electron chi connectivity index (χ1n) is 7.16. The Kier molecular flexibility index (Phi) is 8.83. The van der Waals surface area contributed by atoms with Crippen molar-refractivity contribution < 1.29 is 19.3 Å². The quantitative estimate of drug-likeness (QED) is 0.703. The lowest BCUT2D eigenvalue weighted by Gasteiger charge is -2.30. The molecule has 0 radical (unpaired) electrons. The van der Waals surface area contributed by atoms with Crippen LogP contribution < -0.4 is 0 Å². The zero-order chi connectivity index (χ0) is 15.1. The Balaban J connectivity index is 3.81. The predicted molar refractivity (Wildman–Crippen MR) is 77.4 cm³/mol. The molecule has 4 unspecified atom stereocenters. The average Bonchev–Trinajstić information content (AvgIpc) is 2.32. The number of hydrogen-bond donors (Lipinski definition) is 1. The molecule has 116 valence electrons. The summed E-state index contributed by atoms with van der Waals surface area (Å²) in [6.07, 6.45) is 0.115. The van der Waals surface area contributed by atoms with E-state index >= 15 is 0 Å². The normalized spacial score (nSPS) is 18.9. The highest BCUT2D eigenvalue weighted by Crippen LogP contribution is 2.22. The van der Waals surface area contributed by atoms with Gasteiger partial charge in [0, 0.05) is 0 Å². The molecule has 0 aliphatic carbocycles. The third kappa shape index (κ3) is 9.38. The van der Waals surface area contributed by atoms with Crippen LogP contribution in [0.25, 0.3) is 0 Å². The topological polar surface area (TPSA) is 47.9 Å². The lowest BCUT2D eigenvalue weighted by atomic mass is 9.90. The molecule has 0 saturated heterocycles. The standard InChI is InChI=1S/C15H32O4/c1-11(8-16)17-9-12(2)18-10-13(3)19-14(4)15(5,6)7/h11-14,16H,8-10H2,1-7H3. The second-order valence-corrected chi connectivity index (χ2v) is 6.43. The highest BCUT2D eigenvalue weighted by molar-refractivity contribution is 4.71. The van der Waals surface area contributed by atoms with Gasteiger partial charge in [-0.25, -0.2) is 0 Å². The molecule has 0 aromatic rings. The van der Waals surface area contributed by atoms with Gasteiger partial charge in [0.15, 0.2) is 0 Å². The summed E-state index contributed by atoms with van der Waals surface area (Å²) in [5, 5.41) is 8.86. The van der Waals surface area contributed by atoms with Crippen molar-refractivity contribution in [3.8, 4) is 0 Å². The fourth-order valence-corrected chi connectivity index (χ4v) is 1.29. The van der Waals surface area contributed by atoms with Gasteiger partial charge in [-0.1, -0.05) is 20.8 Å². The van der Waals surface area contributed by atoms with E-state index in [1.807, 2.05) is 20.8 Å². The van der Waals surface area contributed by atoms with Crippen LogP contribution in [0.5, 0.6) is 0 Å². The van der Waals surface area contributed by atoms with Crippen LogP contribution in [-0.2, 0) is 14.2 Å². The van der Waals surface area contributed by atoms with Crippen molar-refractivity contribution in [3.05, 3.63) is 0 Å². The van der Waals surface area contributed by atoms with E-state index in [0.29, 0.717) is 13.2 Å². The van der Waals surface area contributed by atoms with Gasteiger partial charge in [0.2, 0.25) is 0 Å². The van der Waals surface area contributed by atoms with E-state index in [1.54, 1.807) is 0 Å². The highest BCUT2D eigenvalue weighted by Gasteiger charge is 2.22. The third-order valence-electron chi connectivity index (χ3n) is 3.14. The molecule has 1 N–H and O–H groups in total. The van der Waals surface area contributed by atoms with Crippen LogP contribution in [0.15, 0.2) is 0 Å². The summed E-state index contributed by atoms with van der Waals surface area (Å²) >= 11 is 0. The van der Waals surface area contributed by atoms with Crippen molar-refractivity contribution in [2.75, 3.05) is 19.8 Å². The fourth-order valence-electron chi connectivity index (χ4n) is 1.29. The maximum Gasteiger partial charge on any atom is 0.0784 e. The van der Waals surface area contributed by atoms with Crippen molar-refractivity contribution in [1.29, 1.82) is 0 Å². The van der Waals surface area contributed by atoms with Crippen LogP contribution in [0.3, 0.4) is 0 Å². The molecule has 19 heavy (non-hydrogen) atoms. The second kappa shape index (κ2) is 8.90. The molecule has 0 rings (SSSR count). The number of ether oxygens (including phenoxy) is 3. The van der Waals surface area contributed by atoms with Crippen molar-refractivity contribution in [2.45, 2.75) is 72.9 Å². The zero-order valence-electron chi connectivity index (χ0n) is 13.6. The molecule has 0 aromatic carbocycles. The Morgan fingerprint density at radius 2 is 1.32 bits per heavy atom. The Morgan fingerprint density at radius 1 is 0.842 bits per heavy atom. The Bertz CT molecular complexity index is 225. The molecule has 0 heterocycles. The number of rotatable bonds is 9. The van der Waals surface area contributed by atoms with Gasteiger partial charge in [0.05, 0.1) is 44.2 Å². The Hall–Kier alpha value is -0.160. The summed E-state index contributed by atoms with van der Waals surface area (Å²) < 4.78 is 17.0. The molecule has 4 atom stereocenters. The summed E-state index contributed by atoms with van der Waals surface area (Å²) in [5.41, 5.74) is 0.138. The molecule has 4 nitrogen and oxygen atoms in total. The first-order valence-corrected chi connectivity index (χ1v) is 7.16. The monoisotopic (exact) mass is 276 g/mol. The molecule has 0 spiro atoms. The number of aliphatic hydroxyl groups is 1. The van der Waals surface area contributed by atoms with E-state index in [9.17, 15) is 0 Å². The summed E-state index contributed by atoms with van der Waals surface area (Å²) in [6, 6.07) is 0. The SMILES string of the molecule is CC(CO)OCC(C)OCC(C)OC(C)C(C)(C)C. The minimum absolute atomic E-state index is 0.00462. The second-order valence-electron chi connectivity index (χ2n) is 6.43. The van der Waals surface area contributed by atoms with Crippen LogP contribution in [0.2, 0.25) is 0 Å². The smallest absolute Gasteiger partial charge is 0.0784 e. The first kappa shape index (κ1) is 18.8. The van der Waals surface area contributed by atoms with Crippen LogP contribution in [0.1, 0.15) is 48.5 Å². The first-order chi connectivity index (χ1) is 8.66. The van der Waals surface area contributed by atoms with Gasteiger partial charge in [0.25, 0.3) is 0 Å². The van der Waals surface area contributed by atoms with E-state index in [-0.39, 0.29) is 36.4 Å². The van der Waals surface area contributed by atoms with E-state index in [2.05, 4.69) is 27.7 Å². The number of hydrogen-bond acceptors (Lipinski definition) is 4. The van der Waals surface area contributed by atoms with Crippen molar-refractivity contribution in [1.82, 2.24) is 0 Å². The summed E-state index contributed by atoms with van der Waals surface area (Å²) in [6.45, 7) is 15.5. The lowest BCUT2D eigenvalue weighted by Crippen LogP contribution is -2.33. The van der Waals surface area contributed by atoms with Gasteiger partial charge in [-0.05, 0) is 33.1 Å². The van der Waals surface area contributed by atoms with E-state index in [0.717, 1.165) is 0 Å². The van der Waals surface area contributed by atoms with Gasteiger partial charge >= 0.3 is 0 Å². The van der Waals surface area contributed by atoms with Crippen LogP contribution in [0, 0.1) is 5.41 Å². The summed E-state index contributed by atoms with van der Waals surface area (Å²) in [5.74, 6) is 0. The summed E-state index contributed by atoms with van der Waals surface area (Å²) in [7, 11) is 0. The largest absolute Gasteiger partial charge is 0.394 e. The van der Waals surface area contributed by atoms with Crippen molar-refractivity contribution >= 4 is 0 Å². The molecule has 0 bridgehead atoms. The van der Waals surface area contributed by atoms with E-state index in [4.69, 9.17) is 19.3 Å². The fraction of sp³-hybridized carbons (Fsp3) is 1.00. The van der Waals surface area contributed by atoms with Crippen LogP contribution in [-0.4, -0.2) is 49.3 Å². The summed E-state index contributed by atoms with van der Waals surface area (Å²) in [4.78, 5) is 0.